The molecule has 3 rings (SSSR count). The van der Waals surface area contributed by atoms with Crippen LogP contribution in [0.25, 0.3) is 0 Å². The second-order valence-electron chi connectivity index (χ2n) is 5.04. The van der Waals surface area contributed by atoms with Crippen LogP contribution < -0.4 is 10.6 Å². The first kappa shape index (κ1) is 12.7. The topological polar surface area (TPSA) is 85.0 Å². The molecule has 0 spiro atoms. The first-order valence-corrected chi connectivity index (χ1v) is 6.65. The molecule has 7 nitrogen and oxygen atoms in total. The van der Waals surface area contributed by atoms with Gasteiger partial charge in [-0.2, -0.15) is 5.10 Å². The summed E-state index contributed by atoms with van der Waals surface area (Å²) in [7, 11) is 1.93. The van der Waals surface area contributed by atoms with Crippen molar-refractivity contribution < 1.29 is 9.32 Å². The predicted molar refractivity (Wildman–Crippen MR) is 72.3 cm³/mol. The van der Waals surface area contributed by atoms with Gasteiger partial charge in [0.25, 0.3) is 0 Å². The molecule has 2 amide bonds. The van der Waals surface area contributed by atoms with Crippen molar-refractivity contribution >= 4 is 11.8 Å². The van der Waals surface area contributed by atoms with Gasteiger partial charge in [-0.3, -0.25) is 10.00 Å². The maximum Gasteiger partial charge on any atom is 0.320 e. The van der Waals surface area contributed by atoms with E-state index in [-0.39, 0.29) is 12.1 Å². The minimum Gasteiger partial charge on any atom is -0.360 e. The van der Waals surface area contributed by atoms with E-state index in [0.29, 0.717) is 11.6 Å². The Morgan fingerprint density at radius 2 is 2.40 bits per heavy atom. The van der Waals surface area contributed by atoms with E-state index in [4.69, 9.17) is 4.52 Å². The van der Waals surface area contributed by atoms with Gasteiger partial charge in [0.1, 0.15) is 5.76 Å². The number of carbonyl (C=O) groups is 1. The number of urea groups is 1. The van der Waals surface area contributed by atoms with Crippen molar-refractivity contribution in [3.05, 3.63) is 29.3 Å². The van der Waals surface area contributed by atoms with Crippen molar-refractivity contribution in [3.63, 3.8) is 0 Å². The van der Waals surface area contributed by atoms with E-state index in [0.717, 1.165) is 24.8 Å². The van der Waals surface area contributed by atoms with E-state index in [1.165, 1.54) is 5.69 Å². The van der Waals surface area contributed by atoms with Gasteiger partial charge < -0.3 is 9.84 Å². The van der Waals surface area contributed by atoms with Crippen LogP contribution in [0.15, 0.2) is 16.8 Å². The number of anilines is 1. The summed E-state index contributed by atoms with van der Waals surface area (Å²) in [5.41, 5.74) is 2.30. The number of aryl methyl sites for hydroxylation is 2. The Hall–Kier alpha value is -2.31. The fraction of sp³-hybridized carbons (Fsp3) is 0.462. The summed E-state index contributed by atoms with van der Waals surface area (Å²) in [4.78, 5) is 12.0. The van der Waals surface area contributed by atoms with Crippen LogP contribution in [0.2, 0.25) is 0 Å². The summed E-state index contributed by atoms with van der Waals surface area (Å²) >= 11 is 0. The normalized spacial score (nSPS) is 17.6. The quantitative estimate of drug-likeness (QED) is 0.876. The highest BCUT2D eigenvalue weighted by Crippen LogP contribution is 2.29. The Morgan fingerprint density at radius 1 is 1.55 bits per heavy atom. The van der Waals surface area contributed by atoms with Crippen molar-refractivity contribution in [1.82, 2.24) is 20.3 Å². The lowest BCUT2D eigenvalue weighted by molar-refractivity contribution is 0.246. The molecular formula is C13H17N5O2. The van der Waals surface area contributed by atoms with Crippen molar-refractivity contribution in [2.24, 2.45) is 7.05 Å². The lowest BCUT2D eigenvalue weighted by Gasteiger charge is -2.23. The van der Waals surface area contributed by atoms with Crippen LogP contribution in [0.1, 0.15) is 35.9 Å². The number of nitrogens with one attached hydrogen (secondary N) is 2. The van der Waals surface area contributed by atoms with Crippen LogP contribution in [0.4, 0.5) is 10.6 Å². The van der Waals surface area contributed by atoms with Gasteiger partial charge in [-0.05, 0) is 26.2 Å². The highest BCUT2D eigenvalue weighted by Gasteiger charge is 2.24. The van der Waals surface area contributed by atoms with Gasteiger partial charge in [0.15, 0.2) is 5.82 Å². The average molecular weight is 275 g/mol. The molecule has 0 fully saturated rings. The first-order valence-electron chi connectivity index (χ1n) is 6.65. The Bertz CT molecular complexity index is 630. The van der Waals surface area contributed by atoms with Gasteiger partial charge in [-0.15, -0.1) is 0 Å². The summed E-state index contributed by atoms with van der Waals surface area (Å²) in [6.07, 6.45) is 4.80. The van der Waals surface area contributed by atoms with Crippen LogP contribution in [0, 0.1) is 6.92 Å². The van der Waals surface area contributed by atoms with E-state index in [1.54, 1.807) is 13.0 Å². The summed E-state index contributed by atoms with van der Waals surface area (Å²) in [5, 5.41) is 13.6. The molecular weight excluding hydrogens is 258 g/mol. The molecule has 2 heterocycles. The minimum atomic E-state index is -0.278. The number of hydrogen-bond acceptors (Lipinski definition) is 4. The van der Waals surface area contributed by atoms with Crippen LogP contribution in [0.5, 0.6) is 0 Å². The smallest absolute Gasteiger partial charge is 0.320 e. The number of rotatable bonds is 2. The largest absolute Gasteiger partial charge is 0.360 e. The molecule has 0 aromatic carbocycles. The van der Waals surface area contributed by atoms with Crippen molar-refractivity contribution in [3.8, 4) is 0 Å². The summed E-state index contributed by atoms with van der Waals surface area (Å²) in [6.45, 7) is 1.78. The Labute approximate surface area is 116 Å². The van der Waals surface area contributed by atoms with E-state index in [2.05, 4.69) is 20.9 Å². The first-order chi connectivity index (χ1) is 9.63. The minimum absolute atomic E-state index is 0.000415. The Kier molecular flexibility index (Phi) is 3.17. The molecule has 1 atom stereocenters. The van der Waals surface area contributed by atoms with Crippen LogP contribution in [0.3, 0.4) is 0 Å². The van der Waals surface area contributed by atoms with Gasteiger partial charge >= 0.3 is 6.03 Å². The lowest BCUT2D eigenvalue weighted by atomic mass is 9.93. The third-order valence-corrected chi connectivity index (χ3v) is 3.55. The van der Waals surface area contributed by atoms with Gasteiger partial charge in [0.05, 0.1) is 12.2 Å². The number of fused-ring (bicyclic) bond motifs is 1. The summed E-state index contributed by atoms with van der Waals surface area (Å²) < 4.78 is 6.79. The van der Waals surface area contributed by atoms with Crippen molar-refractivity contribution in [1.29, 1.82) is 0 Å². The fourth-order valence-corrected chi connectivity index (χ4v) is 2.59. The Morgan fingerprint density at radius 3 is 3.15 bits per heavy atom. The van der Waals surface area contributed by atoms with E-state index < -0.39 is 0 Å². The number of nitrogens with zero attached hydrogens (tertiary/aromatic N) is 3. The van der Waals surface area contributed by atoms with Gasteiger partial charge in [0, 0.05) is 24.4 Å². The molecule has 0 radical (unpaired) electrons. The molecule has 0 saturated carbocycles. The molecule has 2 aromatic heterocycles. The molecule has 20 heavy (non-hydrogen) atoms. The molecule has 1 aliphatic carbocycles. The average Bonchev–Trinajstić information content (AvgIpc) is 2.98. The Balaban J connectivity index is 1.68. The molecule has 2 aromatic rings. The van der Waals surface area contributed by atoms with E-state index >= 15 is 0 Å². The SMILES string of the molecule is Cc1cc(NC(=O)NC2CCCc3c2cnn3C)no1. The third kappa shape index (κ3) is 2.38. The number of aromatic nitrogens is 3. The number of hydrogen-bond donors (Lipinski definition) is 2. The molecule has 1 unspecified atom stereocenters. The molecule has 1 aliphatic rings. The van der Waals surface area contributed by atoms with Crippen LogP contribution in [-0.4, -0.2) is 21.0 Å². The second kappa shape index (κ2) is 4.99. The maximum atomic E-state index is 12.0. The molecule has 0 aliphatic heterocycles. The highest BCUT2D eigenvalue weighted by atomic mass is 16.5. The zero-order valence-electron chi connectivity index (χ0n) is 11.5. The molecule has 0 saturated heterocycles. The second-order valence-corrected chi connectivity index (χ2v) is 5.04. The molecule has 2 N–H and O–H groups in total. The molecule has 106 valence electrons. The monoisotopic (exact) mass is 275 g/mol. The highest BCUT2D eigenvalue weighted by molar-refractivity contribution is 5.88. The van der Waals surface area contributed by atoms with Gasteiger partial charge in [-0.25, -0.2) is 4.79 Å². The molecule has 0 bridgehead atoms. The standard InChI is InChI=1S/C13H17N5O2/c1-8-6-12(17-20-8)16-13(19)15-10-4-3-5-11-9(10)7-14-18(11)2/h6-7,10H,3-5H2,1-2H3,(H2,15,16,17,19). The van der Waals surface area contributed by atoms with Crippen LogP contribution in [-0.2, 0) is 13.5 Å². The number of carbonyl (C=O) groups excluding carboxylic acids is 1. The third-order valence-electron chi connectivity index (χ3n) is 3.55. The van der Waals surface area contributed by atoms with E-state index in [9.17, 15) is 4.79 Å². The lowest BCUT2D eigenvalue weighted by Crippen LogP contribution is -2.34. The summed E-state index contributed by atoms with van der Waals surface area (Å²) in [6, 6.07) is 1.40. The van der Waals surface area contributed by atoms with E-state index in [1.807, 2.05) is 17.9 Å². The maximum absolute atomic E-state index is 12.0. The van der Waals surface area contributed by atoms with Crippen LogP contribution >= 0.6 is 0 Å². The van der Waals surface area contributed by atoms with Crippen molar-refractivity contribution in [2.75, 3.05) is 5.32 Å². The van der Waals surface area contributed by atoms with Crippen molar-refractivity contribution in [2.45, 2.75) is 32.2 Å². The summed E-state index contributed by atoms with van der Waals surface area (Å²) in [5.74, 6) is 1.08. The fourth-order valence-electron chi connectivity index (χ4n) is 2.59. The molecule has 7 heteroatoms. The number of amides is 2. The zero-order valence-corrected chi connectivity index (χ0v) is 11.5. The van der Waals surface area contributed by atoms with Gasteiger partial charge in [0.2, 0.25) is 0 Å². The zero-order chi connectivity index (χ0) is 14.1. The van der Waals surface area contributed by atoms with Gasteiger partial charge in [-0.1, -0.05) is 5.16 Å². The predicted octanol–water partition coefficient (Wildman–Crippen LogP) is 1.92.